The van der Waals surface area contributed by atoms with Crippen LogP contribution in [0.15, 0.2) is 18.2 Å². The second kappa shape index (κ2) is 10.1. The number of fused-ring (bicyclic) bond motifs is 2. The molecule has 2 atom stereocenters. The summed E-state index contributed by atoms with van der Waals surface area (Å²) in [6.45, 7) is 12.1. The Kier molecular flexibility index (Phi) is 7.15. The molecule has 1 aromatic heterocycles. The number of aliphatic hydroxyl groups excluding tert-OH is 1. The number of nitrogens with zero attached hydrogens (tertiary/aromatic N) is 4. The molecule has 5 rings (SSSR count). The van der Waals surface area contributed by atoms with Crippen LogP contribution in [0.1, 0.15) is 57.0 Å². The fraction of sp³-hybridized carbons (Fsp3) is 0.552. The number of hydrogen-bond donors (Lipinski definition) is 1. The number of aliphatic hydroxyl groups is 1. The minimum atomic E-state index is -0.650. The predicted molar refractivity (Wildman–Crippen MR) is 150 cm³/mol. The molecule has 0 spiro atoms. The molecule has 2 fully saturated rings. The number of ether oxygens (including phenoxy) is 2. The first-order valence-corrected chi connectivity index (χ1v) is 13.9. The van der Waals surface area contributed by atoms with Gasteiger partial charge in [0.05, 0.1) is 17.8 Å². The quantitative estimate of drug-likeness (QED) is 0.558. The number of aryl methyl sites for hydroxylation is 1. The molecule has 0 saturated carbocycles. The summed E-state index contributed by atoms with van der Waals surface area (Å²) in [6, 6.07) is 4.52. The number of benzene rings is 1. The van der Waals surface area contributed by atoms with Gasteiger partial charge in [0.25, 0.3) is 5.91 Å². The van der Waals surface area contributed by atoms with Gasteiger partial charge >= 0.3 is 6.09 Å². The molecule has 2 aromatic rings. The first kappa shape index (κ1) is 28.4. The molecule has 9 nitrogen and oxygen atoms in total. The van der Waals surface area contributed by atoms with Gasteiger partial charge in [-0.15, -0.1) is 0 Å². The Balaban J connectivity index is 1.61. The van der Waals surface area contributed by atoms with Gasteiger partial charge in [-0.3, -0.25) is 4.79 Å². The number of aromatic nitrogens is 1. The van der Waals surface area contributed by atoms with Crippen LogP contribution >= 0.6 is 11.6 Å². The Morgan fingerprint density at radius 3 is 2.62 bits per heavy atom. The Bertz CT molecular complexity index is 1360. The number of hydrogen-bond acceptors (Lipinski definition) is 7. The normalized spacial score (nSPS) is 22.4. The van der Waals surface area contributed by atoms with Crippen LogP contribution in [0.2, 0.25) is 5.02 Å². The molecule has 11 heteroatoms. The number of amides is 2. The van der Waals surface area contributed by atoms with E-state index in [-0.39, 0.29) is 65.6 Å². The number of anilines is 1. The van der Waals surface area contributed by atoms with E-state index in [2.05, 4.69) is 0 Å². The summed E-state index contributed by atoms with van der Waals surface area (Å²) >= 11 is 6.87. The summed E-state index contributed by atoms with van der Waals surface area (Å²) in [5.41, 5.74) is -0.226. The molecular formula is C29H36ClFN4O5. The Hall–Kier alpha value is -3.11. The lowest BCUT2D eigenvalue weighted by molar-refractivity contribution is 0.000952. The van der Waals surface area contributed by atoms with Crippen molar-refractivity contribution in [2.24, 2.45) is 0 Å². The topological polar surface area (TPSA) is 95.4 Å². The highest BCUT2D eigenvalue weighted by Crippen LogP contribution is 2.46. The molecule has 3 aliphatic heterocycles. The highest BCUT2D eigenvalue weighted by Gasteiger charge is 2.45. The van der Waals surface area contributed by atoms with Crippen molar-refractivity contribution in [3.05, 3.63) is 40.2 Å². The number of carbonyl (C=O) groups is 2. The first-order valence-electron chi connectivity index (χ1n) is 13.5. The second-order valence-electron chi connectivity index (χ2n) is 12.4. The van der Waals surface area contributed by atoms with Crippen molar-refractivity contribution in [2.75, 3.05) is 37.7 Å². The van der Waals surface area contributed by atoms with E-state index in [1.807, 2.05) is 18.7 Å². The molecule has 216 valence electrons. The average Bonchev–Trinajstić information content (AvgIpc) is 3.05. The summed E-state index contributed by atoms with van der Waals surface area (Å²) in [6.07, 6.45) is -0.618. The number of piperazine rings is 1. The predicted octanol–water partition coefficient (Wildman–Crippen LogP) is 4.65. The van der Waals surface area contributed by atoms with Gasteiger partial charge in [0.1, 0.15) is 34.4 Å². The van der Waals surface area contributed by atoms with Crippen molar-refractivity contribution >= 4 is 29.4 Å². The maximum absolute atomic E-state index is 15.3. The number of pyridine rings is 1. The molecule has 3 aliphatic rings. The SMILES string of the molecule is Cc1cccc(-c2nc(N3CC(O)CC3(C)C)c3c(c2Cl)OC[C@H]2CN(C(=O)OC(C)(C)C)CCN2C3=O)c1F. The Labute approximate surface area is 238 Å². The zero-order chi connectivity index (χ0) is 29.1. The van der Waals surface area contributed by atoms with Gasteiger partial charge in [-0.1, -0.05) is 23.7 Å². The molecule has 1 unspecified atom stereocenters. The third kappa shape index (κ3) is 5.07. The van der Waals surface area contributed by atoms with Gasteiger partial charge in [0.2, 0.25) is 0 Å². The van der Waals surface area contributed by atoms with Gasteiger partial charge in [0.15, 0.2) is 5.75 Å². The lowest BCUT2D eigenvalue weighted by atomic mass is 9.99. The van der Waals surface area contributed by atoms with Gasteiger partial charge in [-0.2, -0.15) is 0 Å². The number of halogens is 2. The molecule has 0 radical (unpaired) electrons. The minimum Gasteiger partial charge on any atom is -0.489 e. The van der Waals surface area contributed by atoms with Crippen LogP contribution in [0.4, 0.5) is 15.0 Å². The number of carbonyl (C=O) groups excluding carboxylic acids is 2. The lowest BCUT2D eigenvalue weighted by Gasteiger charge is -2.40. The minimum absolute atomic E-state index is 0.0398. The van der Waals surface area contributed by atoms with Crippen LogP contribution in [-0.2, 0) is 4.74 Å². The zero-order valence-corrected chi connectivity index (χ0v) is 24.5. The van der Waals surface area contributed by atoms with Crippen molar-refractivity contribution < 1.29 is 28.6 Å². The molecule has 2 amide bonds. The van der Waals surface area contributed by atoms with Crippen LogP contribution in [0.25, 0.3) is 11.3 Å². The van der Waals surface area contributed by atoms with Crippen molar-refractivity contribution in [3.63, 3.8) is 0 Å². The van der Waals surface area contributed by atoms with Gasteiger partial charge < -0.3 is 29.3 Å². The maximum atomic E-state index is 15.3. The first-order chi connectivity index (χ1) is 18.7. The highest BCUT2D eigenvalue weighted by atomic mass is 35.5. The van der Waals surface area contributed by atoms with Crippen molar-refractivity contribution in [1.82, 2.24) is 14.8 Å². The van der Waals surface area contributed by atoms with E-state index in [1.165, 1.54) is 0 Å². The molecule has 1 aromatic carbocycles. The molecule has 0 bridgehead atoms. The fourth-order valence-electron chi connectivity index (χ4n) is 5.73. The third-order valence-corrected chi connectivity index (χ3v) is 8.02. The molecule has 4 heterocycles. The van der Waals surface area contributed by atoms with Crippen LogP contribution in [0, 0.1) is 12.7 Å². The Morgan fingerprint density at radius 2 is 1.98 bits per heavy atom. The number of rotatable bonds is 2. The molecular weight excluding hydrogens is 539 g/mol. The summed E-state index contributed by atoms with van der Waals surface area (Å²) < 4.78 is 27.1. The van der Waals surface area contributed by atoms with Crippen LogP contribution in [0.5, 0.6) is 5.75 Å². The van der Waals surface area contributed by atoms with E-state index in [4.69, 9.17) is 26.1 Å². The second-order valence-corrected chi connectivity index (χ2v) is 12.8. The van der Waals surface area contributed by atoms with E-state index in [0.29, 0.717) is 18.5 Å². The summed E-state index contributed by atoms with van der Waals surface area (Å²) in [4.78, 5) is 36.9. The van der Waals surface area contributed by atoms with Gasteiger partial charge in [0, 0.05) is 37.3 Å². The summed E-state index contributed by atoms with van der Waals surface area (Å²) in [7, 11) is 0. The third-order valence-electron chi connectivity index (χ3n) is 7.67. The lowest BCUT2D eigenvalue weighted by Crippen LogP contribution is -2.58. The van der Waals surface area contributed by atoms with E-state index in [9.17, 15) is 14.7 Å². The van der Waals surface area contributed by atoms with Crippen molar-refractivity contribution in [3.8, 4) is 17.0 Å². The van der Waals surface area contributed by atoms with Crippen molar-refractivity contribution in [1.29, 1.82) is 0 Å². The molecule has 0 aliphatic carbocycles. The van der Waals surface area contributed by atoms with Gasteiger partial charge in [-0.05, 0) is 59.6 Å². The zero-order valence-electron chi connectivity index (χ0n) is 23.8. The van der Waals surface area contributed by atoms with E-state index < -0.39 is 35.2 Å². The average molecular weight is 575 g/mol. The van der Waals surface area contributed by atoms with Crippen molar-refractivity contribution in [2.45, 2.75) is 71.2 Å². The highest BCUT2D eigenvalue weighted by molar-refractivity contribution is 6.35. The molecule has 40 heavy (non-hydrogen) atoms. The fourth-order valence-corrected chi connectivity index (χ4v) is 6.02. The maximum Gasteiger partial charge on any atom is 0.410 e. The summed E-state index contributed by atoms with van der Waals surface area (Å²) in [5.74, 6) is -0.381. The number of β-amino-alcohol motifs (C(OH)–C–C–N with tert-alkyl or cyclic N) is 1. The van der Waals surface area contributed by atoms with E-state index in [1.54, 1.807) is 55.7 Å². The van der Waals surface area contributed by atoms with Crippen LogP contribution in [0.3, 0.4) is 0 Å². The molecule has 2 saturated heterocycles. The standard InChI is InChI=1S/C29H36ClFN4O5/c1-16-8-7-9-19(22(16)31)23-21(30)24-20(25(32-23)35-14-18(36)12-29(35,5)6)26(37)34-11-10-33(13-17(34)15-39-24)27(38)40-28(2,3)4/h7-9,17-18,36H,10-15H2,1-6H3/t17-,18?/m1/s1. The summed E-state index contributed by atoms with van der Waals surface area (Å²) in [5, 5.41) is 10.6. The molecule has 1 N–H and O–H groups in total. The van der Waals surface area contributed by atoms with Crippen LogP contribution in [-0.4, -0.2) is 88.0 Å². The van der Waals surface area contributed by atoms with Gasteiger partial charge in [-0.25, -0.2) is 14.2 Å². The largest absolute Gasteiger partial charge is 0.489 e. The monoisotopic (exact) mass is 574 g/mol. The Morgan fingerprint density at radius 1 is 1.25 bits per heavy atom. The van der Waals surface area contributed by atoms with E-state index >= 15 is 4.39 Å². The smallest absolute Gasteiger partial charge is 0.410 e. The van der Waals surface area contributed by atoms with Crippen LogP contribution < -0.4 is 9.64 Å². The van der Waals surface area contributed by atoms with E-state index in [0.717, 1.165) is 0 Å².